The highest BCUT2D eigenvalue weighted by molar-refractivity contribution is 7.99. The van der Waals surface area contributed by atoms with Gasteiger partial charge in [-0.1, -0.05) is 36.0 Å². The Morgan fingerprint density at radius 3 is 2.46 bits per heavy atom. The maximum absolute atomic E-state index is 11.3. The van der Waals surface area contributed by atoms with E-state index >= 15 is 0 Å². The number of hydrogen-bond acceptors (Lipinski definition) is 7. The lowest BCUT2D eigenvalue weighted by atomic mass is 10.1. The van der Waals surface area contributed by atoms with E-state index in [2.05, 4.69) is 10.2 Å². The summed E-state index contributed by atoms with van der Waals surface area (Å²) >= 11 is 1.30. The van der Waals surface area contributed by atoms with Crippen molar-refractivity contribution >= 4 is 11.8 Å². The maximum Gasteiger partial charge on any atom is 0.220 e. The van der Waals surface area contributed by atoms with Gasteiger partial charge in [0.15, 0.2) is 16.7 Å². The average Bonchev–Trinajstić information content (AvgIpc) is 3.07. The number of para-hydroxylation sites is 1. The average molecular weight is 400 g/mol. The first-order valence-corrected chi connectivity index (χ1v) is 9.39. The summed E-state index contributed by atoms with van der Waals surface area (Å²) in [6.07, 6.45) is 0. The summed E-state index contributed by atoms with van der Waals surface area (Å²) in [5.74, 6) is 1.80. The Kier molecular flexibility index (Phi) is 6.15. The number of aryl methyl sites for hydroxylation is 1. The predicted octanol–water partition coefficient (Wildman–Crippen LogP) is 3.70. The number of thioether (sulfide) groups is 1. The molecule has 0 radical (unpaired) electrons. The topological polar surface area (TPSA) is 92.3 Å². The molecule has 9 heteroatoms. The second-order valence-electron chi connectivity index (χ2n) is 5.94. The molecule has 0 N–H and O–H groups in total. The first-order valence-electron chi connectivity index (χ1n) is 8.51. The molecule has 1 aromatic heterocycles. The van der Waals surface area contributed by atoms with Crippen molar-refractivity contribution in [3.8, 4) is 17.2 Å². The van der Waals surface area contributed by atoms with Crippen molar-refractivity contribution in [3.63, 3.8) is 0 Å². The zero-order chi connectivity index (χ0) is 20.1. The summed E-state index contributed by atoms with van der Waals surface area (Å²) in [7, 11) is 3.08. The van der Waals surface area contributed by atoms with Crippen LogP contribution in [0.25, 0.3) is 5.69 Å². The van der Waals surface area contributed by atoms with E-state index in [1.54, 1.807) is 25.3 Å². The summed E-state index contributed by atoms with van der Waals surface area (Å²) < 4.78 is 12.5. The van der Waals surface area contributed by atoms with Gasteiger partial charge in [0, 0.05) is 10.6 Å². The molecule has 3 rings (SSSR count). The van der Waals surface area contributed by atoms with Crippen molar-refractivity contribution in [3.05, 3.63) is 70.0 Å². The largest absolute Gasteiger partial charge is 0.493 e. The van der Waals surface area contributed by atoms with Crippen LogP contribution in [0.5, 0.6) is 11.5 Å². The fourth-order valence-corrected chi connectivity index (χ4v) is 3.98. The van der Waals surface area contributed by atoms with Crippen LogP contribution in [0, 0.1) is 17.0 Å². The summed E-state index contributed by atoms with van der Waals surface area (Å²) in [6, 6.07) is 15.0. The van der Waals surface area contributed by atoms with Gasteiger partial charge in [-0.25, -0.2) is 0 Å². The fourth-order valence-electron chi connectivity index (χ4n) is 2.82. The van der Waals surface area contributed by atoms with E-state index in [1.165, 1.54) is 18.9 Å². The van der Waals surface area contributed by atoms with E-state index in [0.29, 0.717) is 22.5 Å². The number of nitrogens with zero attached hydrogens (tertiary/aromatic N) is 4. The van der Waals surface area contributed by atoms with Gasteiger partial charge in [-0.3, -0.25) is 14.7 Å². The number of hydrogen-bond donors (Lipinski definition) is 0. The lowest BCUT2D eigenvalue weighted by Crippen LogP contribution is -2.11. The van der Waals surface area contributed by atoms with Crippen molar-refractivity contribution in [2.45, 2.75) is 17.3 Å². The third-order valence-electron chi connectivity index (χ3n) is 4.15. The van der Waals surface area contributed by atoms with Crippen LogP contribution in [-0.2, 0) is 0 Å². The Morgan fingerprint density at radius 2 is 1.82 bits per heavy atom. The Hall–Kier alpha value is -3.07. The lowest BCUT2D eigenvalue weighted by molar-refractivity contribution is -0.479. The lowest BCUT2D eigenvalue weighted by Gasteiger charge is -2.16. The van der Waals surface area contributed by atoms with Crippen LogP contribution in [-0.4, -0.2) is 40.5 Å². The zero-order valence-electron chi connectivity index (χ0n) is 15.7. The minimum Gasteiger partial charge on any atom is -0.493 e. The van der Waals surface area contributed by atoms with Crippen LogP contribution in [0.3, 0.4) is 0 Å². The monoisotopic (exact) mass is 400 g/mol. The highest BCUT2D eigenvalue weighted by atomic mass is 32.2. The number of aromatic nitrogens is 3. The molecule has 0 aliphatic rings. The second-order valence-corrected chi connectivity index (χ2v) is 7.11. The van der Waals surface area contributed by atoms with Gasteiger partial charge in [0.05, 0.1) is 14.2 Å². The van der Waals surface area contributed by atoms with Gasteiger partial charge in [-0.15, -0.1) is 10.2 Å². The zero-order valence-corrected chi connectivity index (χ0v) is 16.5. The summed E-state index contributed by atoms with van der Waals surface area (Å²) in [5.41, 5.74) is 1.65. The molecule has 0 unspecified atom stereocenters. The SMILES string of the molecule is COc1ccc([C@@H](C[N+](=O)[O-])Sc2nnc(C)n2-c2ccccc2)cc1OC. The van der Waals surface area contributed by atoms with Crippen molar-refractivity contribution < 1.29 is 14.4 Å². The van der Waals surface area contributed by atoms with Crippen molar-refractivity contribution in [2.24, 2.45) is 0 Å². The molecule has 0 bridgehead atoms. The van der Waals surface area contributed by atoms with Crippen LogP contribution in [0.4, 0.5) is 0 Å². The quantitative estimate of drug-likeness (QED) is 0.323. The van der Waals surface area contributed by atoms with Gasteiger partial charge in [0.25, 0.3) is 0 Å². The molecular formula is C19H20N4O4S. The van der Waals surface area contributed by atoms with Crippen LogP contribution >= 0.6 is 11.8 Å². The molecule has 0 spiro atoms. The van der Waals surface area contributed by atoms with E-state index in [9.17, 15) is 10.1 Å². The van der Waals surface area contributed by atoms with E-state index in [0.717, 1.165) is 11.3 Å². The molecule has 0 saturated heterocycles. The Morgan fingerprint density at radius 1 is 1.11 bits per heavy atom. The molecule has 0 aliphatic heterocycles. The summed E-state index contributed by atoms with van der Waals surface area (Å²) in [6.45, 7) is 1.59. The molecule has 28 heavy (non-hydrogen) atoms. The van der Waals surface area contributed by atoms with Crippen LogP contribution in [0.2, 0.25) is 0 Å². The molecule has 1 atom stereocenters. The van der Waals surface area contributed by atoms with Crippen molar-refractivity contribution in [1.82, 2.24) is 14.8 Å². The first-order chi connectivity index (χ1) is 13.5. The van der Waals surface area contributed by atoms with Crippen molar-refractivity contribution in [1.29, 1.82) is 0 Å². The molecule has 8 nitrogen and oxygen atoms in total. The second kappa shape index (κ2) is 8.75. The summed E-state index contributed by atoms with van der Waals surface area (Å²) in [5, 5.41) is 19.8. The van der Waals surface area contributed by atoms with E-state index in [1.807, 2.05) is 41.8 Å². The molecular weight excluding hydrogens is 380 g/mol. The van der Waals surface area contributed by atoms with Crippen molar-refractivity contribution in [2.75, 3.05) is 20.8 Å². The Labute approximate surface area is 166 Å². The number of benzene rings is 2. The van der Waals surface area contributed by atoms with Gasteiger partial charge >= 0.3 is 0 Å². The number of nitro groups is 1. The number of rotatable bonds is 8. The molecule has 0 aliphatic carbocycles. The Bertz CT molecular complexity index is 962. The van der Waals surface area contributed by atoms with Gasteiger partial charge in [0.1, 0.15) is 11.1 Å². The Balaban J connectivity index is 1.98. The van der Waals surface area contributed by atoms with E-state index in [4.69, 9.17) is 9.47 Å². The normalized spacial score (nSPS) is 11.8. The van der Waals surface area contributed by atoms with Gasteiger partial charge < -0.3 is 9.47 Å². The molecule has 0 fully saturated rings. The third-order valence-corrected chi connectivity index (χ3v) is 5.33. The fraction of sp³-hybridized carbons (Fsp3) is 0.263. The third kappa shape index (κ3) is 4.25. The summed E-state index contributed by atoms with van der Waals surface area (Å²) in [4.78, 5) is 11.0. The standard InChI is InChI=1S/C19H20N4O4S/c1-13-20-21-19(23(13)15-7-5-4-6-8-15)28-18(12-22(24)25)14-9-10-16(26-2)17(11-14)27-3/h4-11,18H,12H2,1-3H3/t18-/m1/s1. The molecule has 3 aromatic rings. The van der Waals surface area contributed by atoms with Gasteiger partial charge in [-0.05, 0) is 36.8 Å². The van der Waals surface area contributed by atoms with E-state index in [-0.39, 0.29) is 11.5 Å². The molecule has 0 saturated carbocycles. The van der Waals surface area contributed by atoms with E-state index < -0.39 is 5.25 Å². The minimum absolute atomic E-state index is 0.263. The van der Waals surface area contributed by atoms with Gasteiger partial charge in [0.2, 0.25) is 6.54 Å². The first kappa shape index (κ1) is 19.7. The highest BCUT2D eigenvalue weighted by Crippen LogP contribution is 2.39. The number of methoxy groups -OCH3 is 2. The number of ether oxygens (including phenoxy) is 2. The smallest absolute Gasteiger partial charge is 0.220 e. The predicted molar refractivity (Wildman–Crippen MR) is 106 cm³/mol. The molecule has 0 amide bonds. The molecule has 146 valence electrons. The van der Waals surface area contributed by atoms with Crippen LogP contribution in [0.1, 0.15) is 16.6 Å². The van der Waals surface area contributed by atoms with Gasteiger partial charge in [-0.2, -0.15) is 0 Å². The highest BCUT2D eigenvalue weighted by Gasteiger charge is 2.24. The van der Waals surface area contributed by atoms with Crippen LogP contribution in [0.15, 0.2) is 53.7 Å². The van der Waals surface area contributed by atoms with Crippen LogP contribution < -0.4 is 9.47 Å². The maximum atomic E-state index is 11.3. The minimum atomic E-state index is -0.471. The molecule has 2 aromatic carbocycles. The molecule has 1 heterocycles.